The monoisotopic (exact) mass is 535 g/mol. The fourth-order valence-electron chi connectivity index (χ4n) is 6.18. The molecule has 8 aromatic rings. The second kappa shape index (κ2) is 9.20. The number of aromatic nitrogens is 3. The Bertz CT molecular complexity index is 2210. The van der Waals surface area contributed by atoms with E-state index in [4.69, 9.17) is 4.98 Å². The minimum atomic E-state index is 0.446. The van der Waals surface area contributed by atoms with E-state index in [0.29, 0.717) is 11.1 Å². The van der Waals surface area contributed by atoms with E-state index in [2.05, 4.69) is 94.1 Å². The standard InChI is InChI=1S/C37H21N5/c38-22-24-17-18-27(26(19-24)23-39)25-20-36(41-32-13-5-1-9-28(32)29-10-2-6-14-33(29)41)40-37(21-25)42-34-15-7-3-11-30(34)31-12-4-8-16-35(31)42/h1-21H. The van der Waals surface area contributed by atoms with Crippen LogP contribution in [0.25, 0.3) is 66.4 Å². The number of nitrogens with zero attached hydrogens (tertiary/aromatic N) is 5. The third kappa shape index (κ3) is 3.45. The lowest BCUT2D eigenvalue weighted by molar-refractivity contribution is 1.01. The molecule has 0 radical (unpaired) electrons. The SMILES string of the molecule is N#Cc1ccc(-c2cc(-n3c4ccccc4c4ccccc43)nc(-n3c4ccccc4c4ccccc43)c2)c(C#N)c1. The molecule has 0 spiro atoms. The average Bonchev–Trinajstić information content (AvgIpc) is 3.57. The number of fused-ring (bicyclic) bond motifs is 6. The lowest BCUT2D eigenvalue weighted by atomic mass is 9.98. The maximum atomic E-state index is 10.1. The van der Waals surface area contributed by atoms with Crippen LogP contribution in [0.2, 0.25) is 0 Å². The molecule has 0 aliphatic rings. The van der Waals surface area contributed by atoms with Gasteiger partial charge in [0, 0.05) is 21.5 Å². The molecule has 3 heterocycles. The third-order valence-corrected chi connectivity index (χ3v) is 8.00. The fourth-order valence-corrected chi connectivity index (χ4v) is 6.18. The molecule has 0 bridgehead atoms. The zero-order valence-corrected chi connectivity index (χ0v) is 22.4. The van der Waals surface area contributed by atoms with E-state index < -0.39 is 0 Å². The number of nitriles is 2. The molecule has 0 aliphatic carbocycles. The second-order valence-electron chi connectivity index (χ2n) is 10.3. The molecule has 5 aromatic carbocycles. The molecule has 0 atom stereocenters. The van der Waals surface area contributed by atoms with Gasteiger partial charge in [0.1, 0.15) is 11.6 Å². The van der Waals surface area contributed by atoms with Gasteiger partial charge in [0.15, 0.2) is 0 Å². The van der Waals surface area contributed by atoms with Crippen molar-refractivity contribution < 1.29 is 0 Å². The highest BCUT2D eigenvalue weighted by Crippen LogP contribution is 2.36. The van der Waals surface area contributed by atoms with Crippen molar-refractivity contribution >= 4 is 43.6 Å². The van der Waals surface area contributed by atoms with Gasteiger partial charge in [-0.1, -0.05) is 78.9 Å². The van der Waals surface area contributed by atoms with E-state index in [9.17, 15) is 10.5 Å². The molecule has 0 unspecified atom stereocenters. The Kier molecular flexibility index (Phi) is 5.19. The van der Waals surface area contributed by atoms with E-state index >= 15 is 0 Å². The van der Waals surface area contributed by atoms with Crippen LogP contribution >= 0.6 is 0 Å². The third-order valence-electron chi connectivity index (χ3n) is 8.00. The van der Waals surface area contributed by atoms with E-state index in [1.54, 1.807) is 12.1 Å². The minimum absolute atomic E-state index is 0.446. The van der Waals surface area contributed by atoms with Crippen LogP contribution < -0.4 is 0 Å². The topological polar surface area (TPSA) is 70.3 Å². The molecule has 0 amide bonds. The summed E-state index contributed by atoms with van der Waals surface area (Å²) in [6.45, 7) is 0. The molecule has 5 nitrogen and oxygen atoms in total. The van der Waals surface area contributed by atoms with Crippen molar-refractivity contribution in [2.75, 3.05) is 0 Å². The summed E-state index contributed by atoms with van der Waals surface area (Å²) < 4.78 is 4.39. The van der Waals surface area contributed by atoms with Crippen LogP contribution in [0, 0.1) is 22.7 Å². The van der Waals surface area contributed by atoms with Crippen molar-refractivity contribution in [1.29, 1.82) is 10.5 Å². The highest BCUT2D eigenvalue weighted by atomic mass is 15.1. The molecule has 0 aliphatic heterocycles. The van der Waals surface area contributed by atoms with Gasteiger partial charge in [0.2, 0.25) is 0 Å². The van der Waals surface area contributed by atoms with Crippen molar-refractivity contribution in [1.82, 2.24) is 14.1 Å². The van der Waals surface area contributed by atoms with E-state index in [1.165, 1.54) is 0 Å². The quantitative estimate of drug-likeness (QED) is 0.227. The smallest absolute Gasteiger partial charge is 0.140 e. The predicted molar refractivity (Wildman–Crippen MR) is 168 cm³/mol. The van der Waals surface area contributed by atoms with Gasteiger partial charge < -0.3 is 0 Å². The van der Waals surface area contributed by atoms with Gasteiger partial charge in [-0.15, -0.1) is 0 Å². The van der Waals surface area contributed by atoms with Crippen LogP contribution in [-0.2, 0) is 0 Å². The second-order valence-corrected chi connectivity index (χ2v) is 10.3. The highest BCUT2D eigenvalue weighted by Gasteiger charge is 2.19. The van der Waals surface area contributed by atoms with E-state index in [0.717, 1.165) is 66.4 Å². The van der Waals surface area contributed by atoms with Crippen LogP contribution in [-0.4, -0.2) is 14.1 Å². The van der Waals surface area contributed by atoms with E-state index in [1.807, 2.05) is 42.5 Å². The minimum Gasteiger partial charge on any atom is -0.294 e. The largest absolute Gasteiger partial charge is 0.294 e. The van der Waals surface area contributed by atoms with Crippen LogP contribution in [0.15, 0.2) is 127 Å². The lowest BCUT2D eigenvalue weighted by Crippen LogP contribution is -2.04. The first-order valence-corrected chi connectivity index (χ1v) is 13.7. The molecule has 8 rings (SSSR count). The first kappa shape index (κ1) is 23.7. The molecule has 3 aromatic heterocycles. The summed E-state index contributed by atoms with van der Waals surface area (Å²) in [6.07, 6.45) is 0. The van der Waals surface area contributed by atoms with Crippen LogP contribution in [0.3, 0.4) is 0 Å². The highest BCUT2D eigenvalue weighted by molar-refractivity contribution is 6.10. The Morgan fingerprint density at radius 1 is 0.476 bits per heavy atom. The van der Waals surface area contributed by atoms with Crippen molar-refractivity contribution in [2.45, 2.75) is 0 Å². The zero-order valence-electron chi connectivity index (χ0n) is 22.4. The summed E-state index contributed by atoms with van der Waals surface area (Å²) >= 11 is 0. The fraction of sp³-hybridized carbons (Fsp3) is 0. The number of benzene rings is 5. The number of hydrogen-bond acceptors (Lipinski definition) is 3. The number of hydrogen-bond donors (Lipinski definition) is 0. The molecule has 194 valence electrons. The maximum Gasteiger partial charge on any atom is 0.140 e. The lowest BCUT2D eigenvalue weighted by Gasteiger charge is -2.15. The van der Waals surface area contributed by atoms with Gasteiger partial charge in [-0.3, -0.25) is 9.13 Å². The Morgan fingerprint density at radius 2 is 0.905 bits per heavy atom. The Balaban J connectivity index is 1.51. The molecular formula is C37H21N5. The van der Waals surface area contributed by atoms with Crippen molar-refractivity contribution in [2.24, 2.45) is 0 Å². The number of rotatable bonds is 3. The first-order valence-electron chi connectivity index (χ1n) is 13.7. The van der Waals surface area contributed by atoms with Gasteiger partial charge in [-0.25, -0.2) is 4.98 Å². The van der Waals surface area contributed by atoms with Crippen LogP contribution in [0.1, 0.15) is 11.1 Å². The number of pyridine rings is 1. The van der Waals surface area contributed by atoms with Gasteiger partial charge in [0.05, 0.1) is 45.3 Å². The molecule has 0 saturated heterocycles. The molecule has 0 fully saturated rings. The molecule has 0 saturated carbocycles. The summed E-state index contributed by atoms with van der Waals surface area (Å²) in [6, 6.07) is 47.3. The normalized spacial score (nSPS) is 11.3. The van der Waals surface area contributed by atoms with Crippen LogP contribution in [0.5, 0.6) is 0 Å². The predicted octanol–water partition coefficient (Wildman–Crippen LogP) is 8.69. The van der Waals surface area contributed by atoms with Gasteiger partial charge >= 0.3 is 0 Å². The molecule has 5 heteroatoms. The van der Waals surface area contributed by atoms with Crippen LogP contribution in [0.4, 0.5) is 0 Å². The van der Waals surface area contributed by atoms with Gasteiger partial charge in [-0.05, 0) is 59.7 Å². The average molecular weight is 536 g/mol. The van der Waals surface area contributed by atoms with Crippen molar-refractivity contribution in [3.8, 4) is 34.9 Å². The zero-order chi connectivity index (χ0) is 28.2. The van der Waals surface area contributed by atoms with Crippen molar-refractivity contribution in [3.05, 3.63) is 139 Å². The van der Waals surface area contributed by atoms with Crippen molar-refractivity contribution in [3.63, 3.8) is 0 Å². The van der Waals surface area contributed by atoms with Gasteiger partial charge in [0.25, 0.3) is 0 Å². The maximum absolute atomic E-state index is 10.1. The summed E-state index contributed by atoms with van der Waals surface area (Å²) in [4.78, 5) is 5.32. The molecular weight excluding hydrogens is 514 g/mol. The summed E-state index contributed by atoms with van der Waals surface area (Å²) in [5, 5.41) is 24.2. The Morgan fingerprint density at radius 3 is 1.31 bits per heavy atom. The Hall–Kier alpha value is -6.17. The first-order chi connectivity index (χ1) is 20.7. The van der Waals surface area contributed by atoms with E-state index in [-0.39, 0.29) is 0 Å². The van der Waals surface area contributed by atoms with Gasteiger partial charge in [-0.2, -0.15) is 10.5 Å². The summed E-state index contributed by atoms with van der Waals surface area (Å²) in [5.74, 6) is 1.49. The summed E-state index contributed by atoms with van der Waals surface area (Å²) in [5.41, 5.74) is 6.71. The molecule has 0 N–H and O–H groups in total. The summed E-state index contributed by atoms with van der Waals surface area (Å²) in [7, 11) is 0. The molecule has 42 heavy (non-hydrogen) atoms. The number of para-hydroxylation sites is 4. The Labute approximate surface area is 241 Å².